The van der Waals surface area contributed by atoms with E-state index in [4.69, 9.17) is 5.73 Å². The molecule has 1 amide bonds. The molecule has 1 aliphatic heterocycles. The standard InChI is InChI=1S/C25H29BrF4N4O4S/c1-24(2,27)14-18(31)23(36)34(22(25(28,29)30)16-8-10-17(26)11-9-16)19-6-5-13-33(15-20(19)35)39(37,38)21-7-3-4-12-32-21/h3-4,7-12,18-19,22H,5-6,13-15,31H2,1-2H3/t18-,19?,22-/m0/s1. The van der Waals surface area contributed by atoms with Crippen LogP contribution in [0.5, 0.6) is 0 Å². The number of amides is 1. The molecule has 8 nitrogen and oxygen atoms in total. The number of halogens is 5. The molecule has 0 saturated carbocycles. The van der Waals surface area contributed by atoms with Gasteiger partial charge in [-0.25, -0.2) is 17.8 Å². The fourth-order valence-corrected chi connectivity index (χ4v) is 6.17. The van der Waals surface area contributed by atoms with E-state index in [1.807, 2.05) is 0 Å². The molecule has 39 heavy (non-hydrogen) atoms. The quantitative estimate of drug-likeness (QED) is 0.435. The average Bonchev–Trinajstić information content (AvgIpc) is 3.03. The monoisotopic (exact) mass is 636 g/mol. The summed E-state index contributed by atoms with van der Waals surface area (Å²) in [5.74, 6) is -2.18. The highest BCUT2D eigenvalue weighted by Gasteiger charge is 2.52. The number of benzene rings is 1. The third-order valence-corrected chi connectivity index (χ3v) is 8.51. The maximum absolute atomic E-state index is 14.6. The van der Waals surface area contributed by atoms with Crippen molar-refractivity contribution in [3.05, 3.63) is 58.7 Å². The lowest BCUT2D eigenvalue weighted by Gasteiger charge is -2.40. The average molecular weight is 637 g/mol. The zero-order valence-corrected chi connectivity index (χ0v) is 23.6. The molecule has 14 heteroatoms. The molecule has 1 unspecified atom stereocenters. The second-order valence-electron chi connectivity index (χ2n) is 9.90. The van der Waals surface area contributed by atoms with E-state index in [0.29, 0.717) is 9.37 Å². The molecule has 0 bridgehead atoms. The van der Waals surface area contributed by atoms with Gasteiger partial charge in [0.15, 0.2) is 16.9 Å². The Morgan fingerprint density at radius 1 is 1.18 bits per heavy atom. The third kappa shape index (κ3) is 7.62. The lowest BCUT2D eigenvalue weighted by Crippen LogP contribution is -2.57. The van der Waals surface area contributed by atoms with E-state index in [-0.39, 0.29) is 30.0 Å². The first kappa shape index (κ1) is 31.1. The van der Waals surface area contributed by atoms with Gasteiger partial charge in [0.25, 0.3) is 10.0 Å². The molecule has 0 spiro atoms. The number of sulfonamides is 1. The molecule has 2 aromatic rings. The van der Waals surface area contributed by atoms with Crippen molar-refractivity contribution in [2.45, 2.75) is 68.1 Å². The van der Waals surface area contributed by atoms with E-state index in [2.05, 4.69) is 20.9 Å². The maximum Gasteiger partial charge on any atom is 0.413 e. The van der Waals surface area contributed by atoms with Gasteiger partial charge < -0.3 is 10.6 Å². The largest absolute Gasteiger partial charge is 0.413 e. The highest BCUT2D eigenvalue weighted by atomic mass is 79.9. The Balaban J connectivity index is 2.06. The van der Waals surface area contributed by atoms with Crippen molar-refractivity contribution in [2.24, 2.45) is 5.73 Å². The van der Waals surface area contributed by atoms with Crippen LogP contribution in [0.2, 0.25) is 0 Å². The smallest absolute Gasteiger partial charge is 0.320 e. The minimum atomic E-state index is -5.04. The van der Waals surface area contributed by atoms with Gasteiger partial charge in [-0.15, -0.1) is 0 Å². The number of nitrogens with zero attached hydrogens (tertiary/aromatic N) is 3. The molecular weight excluding hydrogens is 608 g/mol. The van der Waals surface area contributed by atoms with Crippen LogP contribution in [0.1, 0.15) is 44.7 Å². The Kier molecular flexibility index (Phi) is 9.56. The Labute approximate surface area is 232 Å². The van der Waals surface area contributed by atoms with Gasteiger partial charge in [-0.3, -0.25) is 9.59 Å². The predicted molar refractivity (Wildman–Crippen MR) is 139 cm³/mol. The van der Waals surface area contributed by atoms with Crippen LogP contribution >= 0.6 is 15.9 Å². The number of hydrogen-bond acceptors (Lipinski definition) is 6. The first-order valence-corrected chi connectivity index (χ1v) is 14.3. The molecule has 0 radical (unpaired) electrons. The number of aromatic nitrogens is 1. The number of Topliss-reactive ketones (excluding diaryl/α,β-unsaturated/α-hetero) is 1. The van der Waals surface area contributed by atoms with Gasteiger partial charge >= 0.3 is 6.18 Å². The van der Waals surface area contributed by atoms with Crippen LogP contribution in [0.3, 0.4) is 0 Å². The Morgan fingerprint density at radius 2 is 1.82 bits per heavy atom. The topological polar surface area (TPSA) is 114 Å². The van der Waals surface area contributed by atoms with Crippen molar-refractivity contribution in [3.8, 4) is 0 Å². The van der Waals surface area contributed by atoms with Crippen LogP contribution < -0.4 is 5.73 Å². The number of rotatable bonds is 8. The zero-order valence-electron chi connectivity index (χ0n) is 21.2. The van der Waals surface area contributed by atoms with Crippen LogP contribution in [-0.4, -0.2) is 71.3 Å². The fourth-order valence-electron chi connectivity index (χ4n) is 4.53. The second-order valence-corrected chi connectivity index (χ2v) is 12.7. The van der Waals surface area contributed by atoms with Crippen LogP contribution in [0.15, 0.2) is 58.2 Å². The van der Waals surface area contributed by atoms with Gasteiger partial charge in [0.2, 0.25) is 5.91 Å². The van der Waals surface area contributed by atoms with E-state index in [1.165, 1.54) is 36.5 Å². The first-order chi connectivity index (χ1) is 18.0. The molecule has 1 aromatic heterocycles. The Morgan fingerprint density at radius 3 is 2.36 bits per heavy atom. The van der Waals surface area contributed by atoms with Crippen LogP contribution in [0.4, 0.5) is 17.6 Å². The summed E-state index contributed by atoms with van der Waals surface area (Å²) in [6, 6.07) is 3.30. The van der Waals surface area contributed by atoms with Crippen LogP contribution in [0.25, 0.3) is 0 Å². The molecule has 0 aliphatic carbocycles. The molecule has 2 N–H and O–H groups in total. The maximum atomic E-state index is 14.6. The molecule has 1 fully saturated rings. The van der Waals surface area contributed by atoms with Crippen LogP contribution in [-0.2, 0) is 19.6 Å². The predicted octanol–water partition coefficient (Wildman–Crippen LogP) is 4.16. The minimum Gasteiger partial charge on any atom is -0.320 e. The highest BCUT2D eigenvalue weighted by Crippen LogP contribution is 2.41. The normalized spacial score (nSPS) is 19.3. The Bertz CT molecular complexity index is 1270. The molecule has 1 aliphatic rings. The van der Waals surface area contributed by atoms with Crippen molar-refractivity contribution >= 4 is 37.6 Å². The van der Waals surface area contributed by atoms with Gasteiger partial charge in [0, 0.05) is 23.6 Å². The number of nitrogens with two attached hydrogens (primary N) is 1. The number of alkyl halides is 4. The summed E-state index contributed by atoms with van der Waals surface area (Å²) in [5.41, 5.74) is 3.61. The number of ketones is 1. The van der Waals surface area contributed by atoms with Gasteiger partial charge in [-0.1, -0.05) is 34.1 Å². The van der Waals surface area contributed by atoms with E-state index in [0.717, 1.165) is 30.3 Å². The number of carbonyl (C=O) groups excluding carboxylic acids is 2. The van der Waals surface area contributed by atoms with Crippen molar-refractivity contribution in [2.75, 3.05) is 13.1 Å². The minimum absolute atomic E-state index is 0.0268. The van der Waals surface area contributed by atoms with E-state index < -0.39 is 64.6 Å². The summed E-state index contributed by atoms with van der Waals surface area (Å²) in [6.07, 6.45) is -4.65. The molecule has 1 aromatic carbocycles. The summed E-state index contributed by atoms with van der Waals surface area (Å²) in [5, 5.41) is -0.320. The highest BCUT2D eigenvalue weighted by molar-refractivity contribution is 9.10. The van der Waals surface area contributed by atoms with Crippen molar-refractivity contribution in [1.29, 1.82) is 0 Å². The summed E-state index contributed by atoms with van der Waals surface area (Å²) >= 11 is 3.16. The van der Waals surface area contributed by atoms with E-state index >= 15 is 0 Å². The summed E-state index contributed by atoms with van der Waals surface area (Å²) < 4.78 is 85.8. The molecule has 2 heterocycles. The summed E-state index contributed by atoms with van der Waals surface area (Å²) in [6.45, 7) is 1.32. The zero-order chi connectivity index (χ0) is 29.2. The molecular formula is C25H29BrF4N4O4S. The lowest BCUT2D eigenvalue weighted by molar-refractivity contribution is -0.199. The van der Waals surface area contributed by atoms with E-state index in [9.17, 15) is 35.6 Å². The Hall–Kier alpha value is -2.42. The number of carbonyl (C=O) groups is 2. The van der Waals surface area contributed by atoms with Gasteiger partial charge in [-0.05, 0) is 56.5 Å². The lowest BCUT2D eigenvalue weighted by atomic mass is 9.94. The van der Waals surface area contributed by atoms with Crippen LogP contribution in [0, 0.1) is 0 Å². The van der Waals surface area contributed by atoms with E-state index in [1.54, 1.807) is 0 Å². The molecule has 3 rings (SSSR count). The fraction of sp³-hybridized carbons (Fsp3) is 0.480. The number of pyridine rings is 1. The summed E-state index contributed by atoms with van der Waals surface area (Å²) in [4.78, 5) is 31.2. The summed E-state index contributed by atoms with van der Waals surface area (Å²) in [7, 11) is -4.24. The first-order valence-electron chi connectivity index (χ1n) is 12.0. The van der Waals surface area contributed by atoms with Gasteiger partial charge in [-0.2, -0.15) is 17.5 Å². The number of hydrogen-bond donors (Lipinski definition) is 1. The third-order valence-electron chi connectivity index (χ3n) is 6.22. The molecule has 1 saturated heterocycles. The second kappa shape index (κ2) is 12.0. The van der Waals surface area contributed by atoms with Crippen molar-refractivity contribution in [1.82, 2.24) is 14.2 Å². The SMILES string of the molecule is CC(C)(F)C[C@H](N)C(=O)N(C1CCCN(S(=O)(=O)c2ccccn2)CC1=O)[C@@H](c1ccc(Br)cc1)C(F)(F)F. The van der Waals surface area contributed by atoms with Crippen molar-refractivity contribution in [3.63, 3.8) is 0 Å². The van der Waals surface area contributed by atoms with Gasteiger partial charge in [0.1, 0.15) is 5.67 Å². The van der Waals surface area contributed by atoms with Crippen molar-refractivity contribution < 1.29 is 35.6 Å². The molecule has 214 valence electrons. The van der Waals surface area contributed by atoms with Gasteiger partial charge in [0.05, 0.1) is 18.6 Å². The molecule has 3 atom stereocenters.